The van der Waals surface area contributed by atoms with Crippen molar-refractivity contribution in [3.63, 3.8) is 0 Å². The lowest BCUT2D eigenvalue weighted by Gasteiger charge is -2.14. The number of carbonyl (C=O) groups is 2. The van der Waals surface area contributed by atoms with Crippen LogP contribution in [0.5, 0.6) is 17.2 Å². The van der Waals surface area contributed by atoms with Crippen molar-refractivity contribution in [3.05, 3.63) is 44.8 Å². The van der Waals surface area contributed by atoms with Crippen molar-refractivity contribution in [1.82, 2.24) is 5.32 Å². The number of benzene rings is 2. The van der Waals surface area contributed by atoms with E-state index < -0.39 is 11.8 Å². The van der Waals surface area contributed by atoms with Gasteiger partial charge in [-0.2, -0.15) is 0 Å². The lowest BCUT2D eigenvalue weighted by Crippen LogP contribution is -2.30. The number of aromatic hydroxyl groups is 1. The smallest absolute Gasteiger partial charge is 0.270 e. The van der Waals surface area contributed by atoms with Gasteiger partial charge in [-0.15, -0.1) is 0 Å². The summed E-state index contributed by atoms with van der Waals surface area (Å²) in [6, 6.07) is 7.42. The van der Waals surface area contributed by atoms with Crippen molar-refractivity contribution in [2.24, 2.45) is 5.16 Å². The summed E-state index contributed by atoms with van der Waals surface area (Å²) in [6.45, 7) is 3.63. The number of oxime groups is 1. The number of phenolic OH excluding ortho intramolecular Hbond substituents is 1. The molecule has 0 saturated carbocycles. The third-order valence-corrected chi connectivity index (χ3v) is 4.47. The Kier molecular flexibility index (Phi) is 7.41. The maximum atomic E-state index is 12.2. The van der Waals surface area contributed by atoms with Gasteiger partial charge in [-0.05, 0) is 76.0 Å². The van der Waals surface area contributed by atoms with Crippen molar-refractivity contribution in [2.75, 3.05) is 5.32 Å². The Bertz CT molecular complexity index is 908. The molecular formula is C18H17Br2N3O5. The molecule has 0 spiro atoms. The van der Waals surface area contributed by atoms with Gasteiger partial charge in [0.25, 0.3) is 11.8 Å². The first-order valence-electron chi connectivity index (χ1n) is 8.00. The summed E-state index contributed by atoms with van der Waals surface area (Å²) in [5.74, 6) is -0.451. The van der Waals surface area contributed by atoms with E-state index in [-0.39, 0.29) is 17.4 Å². The molecule has 0 fully saturated rings. The van der Waals surface area contributed by atoms with Crippen LogP contribution < -0.4 is 15.4 Å². The van der Waals surface area contributed by atoms with Crippen LogP contribution in [0.25, 0.3) is 0 Å². The van der Waals surface area contributed by atoms with Gasteiger partial charge in [-0.1, -0.05) is 5.16 Å². The molecule has 2 aromatic carbocycles. The topological polar surface area (TPSA) is 120 Å². The number of rotatable bonds is 6. The maximum Gasteiger partial charge on any atom is 0.270 e. The van der Waals surface area contributed by atoms with Gasteiger partial charge in [-0.25, -0.2) is 0 Å². The Balaban J connectivity index is 2.28. The van der Waals surface area contributed by atoms with Gasteiger partial charge >= 0.3 is 0 Å². The Hall–Kier alpha value is -2.59. The van der Waals surface area contributed by atoms with Crippen LogP contribution >= 0.6 is 31.9 Å². The SMILES string of the molecule is CC(C)NC(=O)c1cc(Oc2c(Br)cc(NC(=O)/C=N/O)cc2Br)ccc1O. The Morgan fingerprint density at radius 1 is 1.18 bits per heavy atom. The summed E-state index contributed by atoms with van der Waals surface area (Å²) in [5, 5.41) is 26.2. The van der Waals surface area contributed by atoms with Crippen LogP contribution in [-0.2, 0) is 4.79 Å². The predicted molar refractivity (Wildman–Crippen MR) is 112 cm³/mol. The molecule has 0 aromatic heterocycles. The summed E-state index contributed by atoms with van der Waals surface area (Å²) in [7, 11) is 0. The van der Waals surface area contributed by atoms with Gasteiger partial charge in [-0.3, -0.25) is 9.59 Å². The molecular weight excluding hydrogens is 498 g/mol. The van der Waals surface area contributed by atoms with Crippen molar-refractivity contribution < 1.29 is 24.6 Å². The first kappa shape index (κ1) is 21.7. The van der Waals surface area contributed by atoms with Gasteiger partial charge < -0.3 is 25.7 Å². The number of phenols is 1. The molecule has 0 radical (unpaired) electrons. The van der Waals surface area contributed by atoms with Crippen LogP contribution in [0.3, 0.4) is 0 Å². The second kappa shape index (κ2) is 9.56. The molecule has 2 rings (SSSR count). The van der Waals surface area contributed by atoms with Crippen molar-refractivity contribution >= 4 is 55.6 Å². The second-order valence-corrected chi connectivity index (χ2v) is 7.62. The number of amides is 2. The van der Waals surface area contributed by atoms with Crippen LogP contribution in [0.15, 0.2) is 44.4 Å². The molecule has 0 heterocycles. The zero-order chi connectivity index (χ0) is 20.8. The molecule has 10 heteroatoms. The molecule has 2 amide bonds. The van der Waals surface area contributed by atoms with E-state index in [0.717, 1.165) is 6.21 Å². The average molecular weight is 515 g/mol. The normalized spacial score (nSPS) is 10.9. The highest BCUT2D eigenvalue weighted by Crippen LogP contribution is 2.40. The number of nitrogens with zero attached hydrogens (tertiary/aromatic N) is 1. The van der Waals surface area contributed by atoms with Gasteiger partial charge in [0.15, 0.2) is 5.75 Å². The molecule has 0 unspecified atom stereocenters. The highest BCUT2D eigenvalue weighted by Gasteiger charge is 2.16. The monoisotopic (exact) mass is 513 g/mol. The highest BCUT2D eigenvalue weighted by atomic mass is 79.9. The van der Waals surface area contributed by atoms with Crippen LogP contribution in [0.1, 0.15) is 24.2 Å². The number of ether oxygens (including phenoxy) is 1. The fourth-order valence-electron chi connectivity index (χ4n) is 2.17. The summed E-state index contributed by atoms with van der Waals surface area (Å²) in [5.41, 5.74) is 0.518. The fraction of sp³-hybridized carbons (Fsp3) is 0.167. The van der Waals surface area contributed by atoms with Gasteiger partial charge in [0.05, 0.1) is 14.5 Å². The number of anilines is 1. The van der Waals surface area contributed by atoms with E-state index in [1.54, 1.807) is 12.1 Å². The second-order valence-electron chi connectivity index (χ2n) is 5.91. The number of hydrogen-bond acceptors (Lipinski definition) is 6. The Morgan fingerprint density at radius 2 is 1.82 bits per heavy atom. The predicted octanol–water partition coefficient (Wildman–Crippen LogP) is 4.25. The third-order valence-electron chi connectivity index (χ3n) is 3.29. The molecule has 0 aliphatic rings. The lowest BCUT2D eigenvalue weighted by atomic mass is 10.1. The molecule has 28 heavy (non-hydrogen) atoms. The standard InChI is InChI=1S/C18H17Br2N3O5/c1-9(2)22-18(26)12-7-11(3-4-15(12)24)28-17-13(19)5-10(6-14(17)20)23-16(25)8-21-27/h3-9,24,27H,1-2H3,(H,22,26)(H,23,25)/b21-8+. The third kappa shape index (κ3) is 5.70. The summed E-state index contributed by atoms with van der Waals surface area (Å²) < 4.78 is 6.86. The van der Waals surface area contributed by atoms with Crippen molar-refractivity contribution in [1.29, 1.82) is 0 Å². The van der Waals surface area contributed by atoms with E-state index in [2.05, 4.69) is 47.6 Å². The lowest BCUT2D eigenvalue weighted by molar-refractivity contribution is -0.110. The minimum Gasteiger partial charge on any atom is -0.507 e. The number of nitrogens with one attached hydrogen (secondary N) is 2. The zero-order valence-corrected chi connectivity index (χ0v) is 18.0. The first-order chi connectivity index (χ1) is 13.2. The Labute approximate surface area is 177 Å². The molecule has 4 N–H and O–H groups in total. The van der Waals surface area contributed by atoms with Gasteiger partial charge in [0, 0.05) is 11.7 Å². The molecule has 2 aromatic rings. The van der Waals surface area contributed by atoms with E-state index in [4.69, 9.17) is 9.94 Å². The average Bonchev–Trinajstić information content (AvgIpc) is 2.59. The number of hydrogen-bond donors (Lipinski definition) is 4. The van der Waals surface area contributed by atoms with Crippen LogP contribution in [0.2, 0.25) is 0 Å². The first-order valence-corrected chi connectivity index (χ1v) is 9.59. The highest BCUT2D eigenvalue weighted by molar-refractivity contribution is 9.11. The van der Waals surface area contributed by atoms with Crippen LogP contribution in [-0.4, -0.2) is 34.4 Å². The molecule has 0 aliphatic carbocycles. The summed E-state index contributed by atoms with van der Waals surface area (Å²) in [6.07, 6.45) is 0.729. The maximum absolute atomic E-state index is 12.2. The van der Waals surface area contributed by atoms with Crippen LogP contribution in [0, 0.1) is 0 Å². The van der Waals surface area contributed by atoms with E-state index in [1.165, 1.54) is 18.2 Å². The van der Waals surface area contributed by atoms with Gasteiger partial charge in [0.1, 0.15) is 17.7 Å². The number of carbonyl (C=O) groups excluding carboxylic acids is 2. The molecule has 0 bridgehead atoms. The van der Waals surface area contributed by atoms with E-state index in [1.807, 2.05) is 13.8 Å². The van der Waals surface area contributed by atoms with E-state index in [0.29, 0.717) is 26.1 Å². The minimum absolute atomic E-state index is 0.0848. The largest absolute Gasteiger partial charge is 0.507 e. The Morgan fingerprint density at radius 3 is 2.39 bits per heavy atom. The molecule has 0 saturated heterocycles. The van der Waals surface area contributed by atoms with E-state index >= 15 is 0 Å². The van der Waals surface area contributed by atoms with Crippen molar-refractivity contribution in [2.45, 2.75) is 19.9 Å². The molecule has 148 valence electrons. The minimum atomic E-state index is -0.602. The fourth-order valence-corrected chi connectivity index (χ4v) is 3.52. The summed E-state index contributed by atoms with van der Waals surface area (Å²) in [4.78, 5) is 23.7. The van der Waals surface area contributed by atoms with E-state index in [9.17, 15) is 14.7 Å². The van der Waals surface area contributed by atoms with Gasteiger partial charge in [0.2, 0.25) is 0 Å². The molecule has 8 nitrogen and oxygen atoms in total. The molecule has 0 aliphatic heterocycles. The summed E-state index contributed by atoms with van der Waals surface area (Å²) >= 11 is 6.72. The molecule has 0 atom stereocenters. The van der Waals surface area contributed by atoms with Crippen molar-refractivity contribution in [3.8, 4) is 17.2 Å². The quantitative estimate of drug-likeness (QED) is 0.261. The zero-order valence-electron chi connectivity index (χ0n) is 14.9. The number of halogens is 2. The van der Waals surface area contributed by atoms with Crippen LogP contribution in [0.4, 0.5) is 5.69 Å².